The third-order valence-corrected chi connectivity index (χ3v) is 5.50. The van der Waals surface area contributed by atoms with Crippen LogP contribution < -0.4 is 15.0 Å². The van der Waals surface area contributed by atoms with Crippen LogP contribution in [0.3, 0.4) is 0 Å². The number of methoxy groups -OCH3 is 1. The van der Waals surface area contributed by atoms with Gasteiger partial charge in [0, 0.05) is 48.7 Å². The van der Waals surface area contributed by atoms with E-state index in [1.165, 1.54) is 24.3 Å². The predicted molar refractivity (Wildman–Crippen MR) is 122 cm³/mol. The number of amides is 2. The Morgan fingerprint density at radius 3 is 2.00 bits per heavy atom. The highest BCUT2D eigenvalue weighted by atomic mass is 19.1. The summed E-state index contributed by atoms with van der Waals surface area (Å²) in [6, 6.07) is 20.1. The number of carbonyl (C=O) groups excluding carboxylic acids is 2. The lowest BCUT2D eigenvalue weighted by atomic mass is 10.1. The van der Waals surface area contributed by atoms with Crippen molar-refractivity contribution in [3.8, 4) is 5.75 Å². The van der Waals surface area contributed by atoms with Gasteiger partial charge in [-0.3, -0.25) is 9.59 Å². The van der Waals surface area contributed by atoms with E-state index in [0.717, 1.165) is 24.5 Å². The van der Waals surface area contributed by atoms with E-state index >= 15 is 0 Å². The molecule has 1 saturated heterocycles. The second-order valence-corrected chi connectivity index (χ2v) is 7.52. The van der Waals surface area contributed by atoms with Gasteiger partial charge in [0.05, 0.1) is 7.11 Å². The Labute approximate surface area is 186 Å². The summed E-state index contributed by atoms with van der Waals surface area (Å²) in [5.41, 5.74) is 2.74. The summed E-state index contributed by atoms with van der Waals surface area (Å²) in [4.78, 5) is 29.1. The van der Waals surface area contributed by atoms with Gasteiger partial charge in [0.1, 0.15) is 11.6 Å². The monoisotopic (exact) mass is 433 g/mol. The third-order valence-electron chi connectivity index (χ3n) is 5.50. The van der Waals surface area contributed by atoms with Crippen molar-refractivity contribution in [2.45, 2.75) is 0 Å². The Morgan fingerprint density at radius 2 is 1.41 bits per heavy atom. The molecule has 2 amide bonds. The number of hydrogen-bond donors (Lipinski definition) is 1. The van der Waals surface area contributed by atoms with Gasteiger partial charge in [-0.1, -0.05) is 0 Å². The molecule has 0 radical (unpaired) electrons. The van der Waals surface area contributed by atoms with Gasteiger partial charge in [-0.25, -0.2) is 4.39 Å². The molecule has 0 bridgehead atoms. The van der Waals surface area contributed by atoms with E-state index in [4.69, 9.17) is 4.74 Å². The first-order valence-electron chi connectivity index (χ1n) is 10.4. The van der Waals surface area contributed by atoms with Crippen LogP contribution in [0.15, 0.2) is 72.8 Å². The molecule has 7 heteroatoms. The van der Waals surface area contributed by atoms with Crippen LogP contribution in [0.5, 0.6) is 5.75 Å². The molecule has 0 spiro atoms. The number of ether oxygens (including phenoxy) is 1. The number of nitrogens with zero attached hydrogens (tertiary/aromatic N) is 2. The highest BCUT2D eigenvalue weighted by Crippen LogP contribution is 2.21. The molecule has 0 atom stereocenters. The fourth-order valence-electron chi connectivity index (χ4n) is 3.64. The van der Waals surface area contributed by atoms with Gasteiger partial charge in [0.15, 0.2) is 0 Å². The molecular weight excluding hydrogens is 409 g/mol. The fourth-order valence-corrected chi connectivity index (χ4v) is 3.64. The van der Waals surface area contributed by atoms with Crippen molar-refractivity contribution in [2.24, 2.45) is 0 Å². The molecule has 1 heterocycles. The SMILES string of the molecule is COc1ccc(C(=O)N2CCN(c3ccc(NC(=O)c4ccc(F)cc4)cc3)CC2)cc1. The maximum atomic E-state index is 13.0. The van der Waals surface area contributed by atoms with Crippen LogP contribution in [0.1, 0.15) is 20.7 Å². The van der Waals surface area contributed by atoms with E-state index in [2.05, 4.69) is 10.2 Å². The van der Waals surface area contributed by atoms with Crippen molar-refractivity contribution in [1.29, 1.82) is 0 Å². The van der Waals surface area contributed by atoms with Gasteiger partial charge >= 0.3 is 0 Å². The molecule has 164 valence electrons. The lowest BCUT2D eigenvalue weighted by Crippen LogP contribution is -2.48. The van der Waals surface area contributed by atoms with Crippen molar-refractivity contribution in [3.63, 3.8) is 0 Å². The Kier molecular flexibility index (Phi) is 6.35. The molecule has 3 aromatic rings. The normalized spacial score (nSPS) is 13.6. The Balaban J connectivity index is 1.32. The van der Waals surface area contributed by atoms with Gasteiger partial charge in [-0.15, -0.1) is 0 Å². The topological polar surface area (TPSA) is 61.9 Å². The number of piperazine rings is 1. The third kappa shape index (κ3) is 4.88. The van der Waals surface area contributed by atoms with Crippen LogP contribution in [-0.2, 0) is 0 Å². The molecular formula is C25H24FN3O3. The molecule has 4 rings (SSSR count). The van der Waals surface area contributed by atoms with Crippen molar-refractivity contribution in [3.05, 3.63) is 89.7 Å². The van der Waals surface area contributed by atoms with E-state index < -0.39 is 0 Å². The molecule has 1 aliphatic heterocycles. The van der Waals surface area contributed by atoms with Crippen LogP contribution in [0.4, 0.5) is 15.8 Å². The zero-order valence-electron chi connectivity index (χ0n) is 17.8. The van der Waals surface area contributed by atoms with Crippen molar-refractivity contribution in [2.75, 3.05) is 43.5 Å². The summed E-state index contributed by atoms with van der Waals surface area (Å²) in [6.45, 7) is 2.72. The van der Waals surface area contributed by atoms with Crippen molar-refractivity contribution >= 4 is 23.2 Å². The minimum absolute atomic E-state index is 0.0196. The zero-order valence-corrected chi connectivity index (χ0v) is 17.8. The average molecular weight is 433 g/mol. The molecule has 0 saturated carbocycles. The number of nitrogens with one attached hydrogen (secondary N) is 1. The van der Waals surface area contributed by atoms with E-state index in [9.17, 15) is 14.0 Å². The van der Waals surface area contributed by atoms with Gasteiger partial charge in [-0.05, 0) is 72.8 Å². The summed E-state index contributed by atoms with van der Waals surface area (Å²) in [5, 5.41) is 2.81. The second-order valence-electron chi connectivity index (χ2n) is 7.52. The summed E-state index contributed by atoms with van der Waals surface area (Å²) < 4.78 is 18.2. The second kappa shape index (κ2) is 9.51. The molecule has 1 aliphatic rings. The Morgan fingerprint density at radius 1 is 0.812 bits per heavy atom. The van der Waals surface area contributed by atoms with Crippen LogP contribution in [-0.4, -0.2) is 50.0 Å². The van der Waals surface area contributed by atoms with Gasteiger partial charge in [0.25, 0.3) is 11.8 Å². The largest absolute Gasteiger partial charge is 0.497 e. The highest BCUT2D eigenvalue weighted by molar-refractivity contribution is 6.04. The van der Waals surface area contributed by atoms with Crippen LogP contribution in [0.2, 0.25) is 0 Å². The Bertz CT molecular complexity index is 1070. The van der Waals surface area contributed by atoms with Crippen LogP contribution in [0, 0.1) is 5.82 Å². The molecule has 1 N–H and O–H groups in total. The summed E-state index contributed by atoms with van der Waals surface area (Å²) in [6.07, 6.45) is 0. The van der Waals surface area contributed by atoms with Gasteiger partial charge in [0.2, 0.25) is 0 Å². The molecule has 6 nitrogen and oxygen atoms in total. The maximum absolute atomic E-state index is 13.0. The molecule has 0 aliphatic carbocycles. The number of carbonyl (C=O) groups is 2. The first-order valence-corrected chi connectivity index (χ1v) is 10.4. The summed E-state index contributed by atoms with van der Waals surface area (Å²) >= 11 is 0. The lowest BCUT2D eigenvalue weighted by molar-refractivity contribution is 0.0746. The number of hydrogen-bond acceptors (Lipinski definition) is 4. The minimum Gasteiger partial charge on any atom is -0.497 e. The molecule has 1 fully saturated rings. The van der Waals surface area contributed by atoms with Gasteiger partial charge < -0.3 is 19.9 Å². The fraction of sp³-hybridized carbons (Fsp3) is 0.200. The van der Waals surface area contributed by atoms with Gasteiger partial charge in [-0.2, -0.15) is 0 Å². The predicted octanol–water partition coefficient (Wildman–Crippen LogP) is 4.05. The van der Waals surface area contributed by atoms with Crippen molar-refractivity contribution < 1.29 is 18.7 Å². The number of anilines is 2. The summed E-state index contributed by atoms with van der Waals surface area (Å²) in [5.74, 6) is 0.0786. The summed E-state index contributed by atoms with van der Waals surface area (Å²) in [7, 11) is 1.60. The highest BCUT2D eigenvalue weighted by Gasteiger charge is 2.22. The number of benzene rings is 3. The quantitative estimate of drug-likeness (QED) is 0.660. The van der Waals surface area contributed by atoms with Crippen LogP contribution >= 0.6 is 0 Å². The maximum Gasteiger partial charge on any atom is 0.255 e. The van der Waals surface area contributed by atoms with Crippen molar-refractivity contribution in [1.82, 2.24) is 4.90 Å². The number of rotatable bonds is 5. The van der Waals surface area contributed by atoms with E-state index in [1.807, 2.05) is 29.2 Å². The van der Waals surface area contributed by atoms with Crippen LogP contribution in [0.25, 0.3) is 0 Å². The first kappa shape index (κ1) is 21.4. The molecule has 0 unspecified atom stereocenters. The first-order chi connectivity index (χ1) is 15.5. The standard InChI is InChI=1S/C25H24FN3O3/c1-32-23-12-4-19(5-13-23)25(31)29-16-14-28(15-17-29)22-10-8-21(9-11-22)27-24(30)18-2-6-20(26)7-3-18/h2-13H,14-17H2,1H3,(H,27,30). The molecule has 32 heavy (non-hydrogen) atoms. The zero-order chi connectivity index (χ0) is 22.5. The smallest absolute Gasteiger partial charge is 0.255 e. The number of halogens is 1. The van der Waals surface area contributed by atoms with E-state index in [1.54, 1.807) is 31.4 Å². The van der Waals surface area contributed by atoms with E-state index in [-0.39, 0.29) is 17.6 Å². The lowest BCUT2D eigenvalue weighted by Gasteiger charge is -2.36. The van der Waals surface area contributed by atoms with E-state index in [0.29, 0.717) is 29.9 Å². The molecule has 0 aromatic heterocycles. The average Bonchev–Trinajstić information content (AvgIpc) is 2.84. The minimum atomic E-state index is -0.378. The molecule has 3 aromatic carbocycles. The Hall–Kier alpha value is -3.87.